The highest BCUT2D eigenvalue weighted by Gasteiger charge is 2.05. The van der Waals surface area contributed by atoms with Gasteiger partial charge in [-0.1, -0.05) is 36.4 Å². The molecule has 2 amide bonds. The molecular formula is C19H22N2O3. The summed E-state index contributed by atoms with van der Waals surface area (Å²) in [7, 11) is 0. The number of carbonyl (C=O) groups excluding carboxylic acids is 2. The number of carbonyl (C=O) groups is 2. The number of hydrogen-bond acceptors (Lipinski definition) is 3. The molecule has 5 nitrogen and oxygen atoms in total. The number of hydrogen-bond donors (Lipinski definition) is 2. The molecule has 0 aromatic heterocycles. The van der Waals surface area contributed by atoms with E-state index in [9.17, 15) is 9.59 Å². The summed E-state index contributed by atoms with van der Waals surface area (Å²) in [6.45, 7) is 1.42. The third kappa shape index (κ3) is 6.52. The summed E-state index contributed by atoms with van der Waals surface area (Å²) in [5.74, 6) is 0.579. The van der Waals surface area contributed by atoms with E-state index < -0.39 is 0 Å². The van der Waals surface area contributed by atoms with Crippen LogP contribution >= 0.6 is 0 Å². The number of ether oxygens (including phenoxy) is 1. The second kappa shape index (κ2) is 10.0. The summed E-state index contributed by atoms with van der Waals surface area (Å²) in [5.41, 5.74) is 0.593. The van der Waals surface area contributed by atoms with Gasteiger partial charge in [-0.25, -0.2) is 0 Å². The maximum absolute atomic E-state index is 11.8. The Bertz CT molecular complexity index is 630. The van der Waals surface area contributed by atoms with Crippen LogP contribution in [0.3, 0.4) is 0 Å². The van der Waals surface area contributed by atoms with Crippen LogP contribution in [0.15, 0.2) is 60.7 Å². The van der Waals surface area contributed by atoms with Crippen molar-refractivity contribution in [1.29, 1.82) is 0 Å². The molecule has 2 N–H and O–H groups in total. The van der Waals surface area contributed by atoms with Gasteiger partial charge in [0.05, 0.1) is 6.61 Å². The summed E-state index contributed by atoms with van der Waals surface area (Å²) < 4.78 is 5.54. The fourth-order valence-electron chi connectivity index (χ4n) is 2.08. The van der Waals surface area contributed by atoms with Crippen molar-refractivity contribution < 1.29 is 14.3 Å². The molecule has 24 heavy (non-hydrogen) atoms. The van der Waals surface area contributed by atoms with Gasteiger partial charge in [0.15, 0.2) is 0 Å². The number of nitrogens with one attached hydrogen (secondary N) is 2. The molecule has 2 aromatic carbocycles. The van der Waals surface area contributed by atoms with Gasteiger partial charge in [0.1, 0.15) is 5.75 Å². The van der Waals surface area contributed by atoms with Gasteiger partial charge in [-0.2, -0.15) is 0 Å². The van der Waals surface area contributed by atoms with Crippen LogP contribution < -0.4 is 15.4 Å². The van der Waals surface area contributed by atoms with E-state index in [0.717, 1.165) is 12.2 Å². The topological polar surface area (TPSA) is 67.4 Å². The van der Waals surface area contributed by atoms with Crippen molar-refractivity contribution >= 4 is 11.8 Å². The van der Waals surface area contributed by atoms with Gasteiger partial charge in [0.2, 0.25) is 5.91 Å². The lowest BCUT2D eigenvalue weighted by Gasteiger charge is -2.08. The highest BCUT2D eigenvalue weighted by Crippen LogP contribution is 2.08. The molecule has 0 fully saturated rings. The summed E-state index contributed by atoms with van der Waals surface area (Å²) in [4.78, 5) is 23.5. The normalized spacial score (nSPS) is 10.0. The minimum absolute atomic E-state index is 0.0805. The first-order chi connectivity index (χ1) is 11.8. The van der Waals surface area contributed by atoms with Gasteiger partial charge < -0.3 is 15.4 Å². The molecule has 2 rings (SSSR count). The molecule has 0 aliphatic rings. The van der Waals surface area contributed by atoms with E-state index in [1.54, 1.807) is 24.3 Å². The van der Waals surface area contributed by atoms with Crippen LogP contribution in [0.1, 0.15) is 23.2 Å². The minimum Gasteiger partial charge on any atom is -0.494 e. The predicted molar refractivity (Wildman–Crippen MR) is 93.0 cm³/mol. The lowest BCUT2D eigenvalue weighted by Crippen LogP contribution is -2.31. The highest BCUT2D eigenvalue weighted by atomic mass is 16.5. The molecule has 0 spiro atoms. The first-order valence-corrected chi connectivity index (χ1v) is 8.03. The number of benzene rings is 2. The quantitative estimate of drug-likeness (QED) is 0.695. The zero-order valence-electron chi connectivity index (χ0n) is 13.5. The third-order valence-corrected chi connectivity index (χ3v) is 3.33. The molecule has 0 bridgehead atoms. The molecule has 0 aliphatic carbocycles. The van der Waals surface area contributed by atoms with Gasteiger partial charge in [0, 0.05) is 25.1 Å². The van der Waals surface area contributed by atoms with Crippen LogP contribution in [0.5, 0.6) is 5.75 Å². The van der Waals surface area contributed by atoms with Crippen LogP contribution in [0.2, 0.25) is 0 Å². The van der Waals surface area contributed by atoms with Crippen LogP contribution in [-0.4, -0.2) is 31.5 Å². The molecule has 0 atom stereocenters. The van der Waals surface area contributed by atoms with E-state index in [2.05, 4.69) is 10.6 Å². The predicted octanol–water partition coefficient (Wildman–Crippen LogP) is 2.39. The maximum Gasteiger partial charge on any atom is 0.251 e. The molecule has 0 saturated carbocycles. The number of para-hydroxylation sites is 1. The molecule has 0 radical (unpaired) electrons. The fraction of sp³-hybridized carbons (Fsp3) is 0.263. The van der Waals surface area contributed by atoms with Crippen LogP contribution in [-0.2, 0) is 4.79 Å². The second-order valence-corrected chi connectivity index (χ2v) is 5.24. The van der Waals surface area contributed by atoms with Gasteiger partial charge in [-0.3, -0.25) is 9.59 Å². The Morgan fingerprint density at radius 2 is 1.50 bits per heavy atom. The van der Waals surface area contributed by atoms with E-state index in [1.807, 2.05) is 36.4 Å². The first-order valence-electron chi connectivity index (χ1n) is 8.03. The zero-order chi connectivity index (χ0) is 17.0. The smallest absolute Gasteiger partial charge is 0.251 e. The van der Waals surface area contributed by atoms with E-state index in [1.165, 1.54) is 0 Å². The molecule has 0 aliphatic heterocycles. The maximum atomic E-state index is 11.8. The van der Waals surface area contributed by atoms with Gasteiger partial charge in [-0.15, -0.1) is 0 Å². The SMILES string of the molecule is O=C(CCNC(=O)c1ccccc1)NCCCOc1ccccc1. The van der Waals surface area contributed by atoms with Crippen molar-refractivity contribution in [2.45, 2.75) is 12.8 Å². The van der Waals surface area contributed by atoms with Crippen molar-refractivity contribution in [2.24, 2.45) is 0 Å². The van der Waals surface area contributed by atoms with Crippen LogP contribution in [0.25, 0.3) is 0 Å². The van der Waals surface area contributed by atoms with E-state index in [0.29, 0.717) is 25.3 Å². The molecule has 0 unspecified atom stereocenters. The monoisotopic (exact) mass is 326 g/mol. The average molecular weight is 326 g/mol. The molecule has 0 heterocycles. The van der Waals surface area contributed by atoms with Gasteiger partial charge in [0.25, 0.3) is 5.91 Å². The summed E-state index contributed by atoms with van der Waals surface area (Å²) in [5, 5.41) is 5.54. The Morgan fingerprint density at radius 3 is 2.21 bits per heavy atom. The first kappa shape index (κ1) is 17.5. The van der Waals surface area contributed by atoms with Crippen molar-refractivity contribution in [1.82, 2.24) is 10.6 Å². The lowest BCUT2D eigenvalue weighted by molar-refractivity contribution is -0.120. The zero-order valence-corrected chi connectivity index (χ0v) is 13.5. The van der Waals surface area contributed by atoms with Crippen molar-refractivity contribution in [3.05, 3.63) is 66.2 Å². The van der Waals surface area contributed by atoms with Crippen molar-refractivity contribution in [2.75, 3.05) is 19.7 Å². The molecule has 2 aromatic rings. The largest absolute Gasteiger partial charge is 0.494 e. The third-order valence-electron chi connectivity index (χ3n) is 3.33. The molecular weight excluding hydrogens is 304 g/mol. The Kier molecular flexibility index (Phi) is 7.34. The Labute approximate surface area is 142 Å². The second-order valence-electron chi connectivity index (χ2n) is 5.24. The van der Waals surface area contributed by atoms with Crippen molar-refractivity contribution in [3.63, 3.8) is 0 Å². The van der Waals surface area contributed by atoms with Crippen molar-refractivity contribution in [3.8, 4) is 5.75 Å². The average Bonchev–Trinajstić information content (AvgIpc) is 2.63. The lowest BCUT2D eigenvalue weighted by atomic mass is 10.2. The Hall–Kier alpha value is -2.82. The summed E-state index contributed by atoms with van der Waals surface area (Å²) in [6.07, 6.45) is 0.995. The number of rotatable bonds is 9. The fourth-order valence-corrected chi connectivity index (χ4v) is 2.08. The standard InChI is InChI=1S/C19H22N2O3/c22-18(12-14-21-19(23)16-8-3-1-4-9-16)20-13-7-15-24-17-10-5-2-6-11-17/h1-6,8-11H,7,12-15H2,(H,20,22)(H,21,23). The van der Waals surface area contributed by atoms with E-state index in [4.69, 9.17) is 4.74 Å². The van der Waals surface area contributed by atoms with Crippen LogP contribution in [0, 0.1) is 0 Å². The van der Waals surface area contributed by atoms with Gasteiger partial charge in [-0.05, 0) is 30.7 Å². The minimum atomic E-state index is -0.167. The van der Waals surface area contributed by atoms with E-state index in [-0.39, 0.29) is 18.2 Å². The number of amides is 2. The van der Waals surface area contributed by atoms with Gasteiger partial charge >= 0.3 is 0 Å². The summed E-state index contributed by atoms with van der Waals surface area (Å²) >= 11 is 0. The summed E-state index contributed by atoms with van der Waals surface area (Å²) in [6, 6.07) is 18.5. The van der Waals surface area contributed by atoms with Crippen LogP contribution in [0.4, 0.5) is 0 Å². The Morgan fingerprint density at radius 1 is 0.833 bits per heavy atom. The molecule has 5 heteroatoms. The van der Waals surface area contributed by atoms with E-state index >= 15 is 0 Å². The molecule has 126 valence electrons. The highest BCUT2D eigenvalue weighted by molar-refractivity contribution is 5.94. The molecule has 0 saturated heterocycles. The Balaban J connectivity index is 1.51.